The Morgan fingerprint density at radius 1 is 0.604 bits per heavy atom. The smallest absolute Gasteiger partial charge is 0.306 e. The van der Waals surface area contributed by atoms with Gasteiger partial charge in [0.2, 0.25) is 0 Å². The molecule has 2 unspecified atom stereocenters. The molecule has 0 heterocycles. The van der Waals surface area contributed by atoms with E-state index in [2.05, 4.69) is 92.8 Å². The molecular formula is C44H76NO7P. The number of carbonyl (C=O) groups is 1. The lowest BCUT2D eigenvalue weighted by Gasteiger charge is -2.28. The summed E-state index contributed by atoms with van der Waals surface area (Å²) < 4.78 is 34.4. The maximum Gasteiger partial charge on any atom is 0.306 e. The zero-order chi connectivity index (χ0) is 39.1. The van der Waals surface area contributed by atoms with Gasteiger partial charge in [-0.1, -0.05) is 131 Å². The first-order valence-corrected chi connectivity index (χ1v) is 21.8. The molecule has 0 aliphatic carbocycles. The Morgan fingerprint density at radius 2 is 1.09 bits per heavy atom. The van der Waals surface area contributed by atoms with Crippen LogP contribution in [0.3, 0.4) is 0 Å². The summed E-state index contributed by atoms with van der Waals surface area (Å²) in [6, 6.07) is 0. The van der Waals surface area contributed by atoms with Gasteiger partial charge in [0.25, 0.3) is 7.82 Å². The third kappa shape index (κ3) is 40.7. The zero-order valence-electron chi connectivity index (χ0n) is 34.2. The summed E-state index contributed by atoms with van der Waals surface area (Å²) >= 11 is 0. The van der Waals surface area contributed by atoms with Gasteiger partial charge >= 0.3 is 5.97 Å². The van der Waals surface area contributed by atoms with E-state index in [1.807, 2.05) is 27.2 Å². The van der Waals surface area contributed by atoms with Crippen molar-refractivity contribution >= 4 is 13.8 Å². The summed E-state index contributed by atoms with van der Waals surface area (Å²) in [6.45, 7) is 4.98. The van der Waals surface area contributed by atoms with Crippen LogP contribution < -0.4 is 4.89 Å². The summed E-state index contributed by atoms with van der Waals surface area (Å²) in [6.07, 6.45) is 47.6. The number of likely N-dealkylation sites (N-methyl/N-ethyl adjacent to an activating group) is 1. The van der Waals surface area contributed by atoms with E-state index in [1.54, 1.807) is 0 Å². The molecule has 0 bridgehead atoms. The van der Waals surface area contributed by atoms with Crippen LogP contribution in [0.1, 0.15) is 129 Å². The third-order valence-corrected chi connectivity index (χ3v) is 8.91. The van der Waals surface area contributed by atoms with Crippen molar-refractivity contribution in [3.05, 3.63) is 85.1 Å². The van der Waals surface area contributed by atoms with Crippen molar-refractivity contribution in [1.82, 2.24) is 0 Å². The molecule has 0 saturated heterocycles. The molecule has 0 aliphatic rings. The average molecular weight is 762 g/mol. The molecule has 0 aromatic rings. The summed E-state index contributed by atoms with van der Waals surface area (Å²) in [5.41, 5.74) is 0. The second-order valence-electron chi connectivity index (χ2n) is 14.3. The van der Waals surface area contributed by atoms with Crippen LogP contribution in [-0.4, -0.2) is 70.7 Å². The van der Waals surface area contributed by atoms with Crippen molar-refractivity contribution < 1.29 is 37.3 Å². The Balaban J connectivity index is 4.45. The number of carbonyl (C=O) groups excluding carboxylic acids is 1. The third-order valence-electron chi connectivity index (χ3n) is 7.95. The van der Waals surface area contributed by atoms with E-state index >= 15 is 0 Å². The predicted octanol–water partition coefficient (Wildman–Crippen LogP) is 11.1. The standard InChI is InChI=1S/C44H76NO7P/c1-6-8-10-12-14-16-18-20-22-24-26-28-30-32-34-36-39-49-41-43(42-51-53(47,48)50-40-38-45(3,4)5)52-44(46)37-35-33-31-29-27-25-23-21-19-17-15-13-11-9-7-2/h8,10,14-17,20-23,26,28,32,34,43H,6-7,9,11-13,18-19,24-25,27,29-31,33,35-42H2,1-5H3/b10-8-,16-14-,17-15-,22-20-,23-21-,28-26-,34-32-. The molecule has 9 heteroatoms. The first-order valence-electron chi connectivity index (χ1n) is 20.3. The second kappa shape index (κ2) is 36.6. The SMILES string of the molecule is CC/C=C\C/C=C\C/C=C\C/C=C\C/C=C\CCOCC(COP(=O)([O-])OCC[N+](C)(C)C)OC(=O)CCCCCCC/C=C\C/C=C\CCCCC. The lowest BCUT2D eigenvalue weighted by atomic mass is 10.1. The van der Waals surface area contributed by atoms with Gasteiger partial charge < -0.3 is 27.9 Å². The van der Waals surface area contributed by atoms with Gasteiger partial charge in [0.15, 0.2) is 0 Å². The van der Waals surface area contributed by atoms with Crippen LogP contribution in [0.2, 0.25) is 0 Å². The minimum atomic E-state index is -4.55. The molecule has 0 aromatic carbocycles. The van der Waals surface area contributed by atoms with Crippen molar-refractivity contribution in [2.24, 2.45) is 0 Å². The lowest BCUT2D eigenvalue weighted by molar-refractivity contribution is -0.870. The number of phosphoric ester groups is 1. The van der Waals surface area contributed by atoms with Crippen molar-refractivity contribution in [3.63, 3.8) is 0 Å². The zero-order valence-corrected chi connectivity index (χ0v) is 35.1. The fraction of sp³-hybridized carbons (Fsp3) is 0.659. The molecule has 2 atom stereocenters. The van der Waals surface area contributed by atoms with Gasteiger partial charge in [-0.05, 0) is 77.0 Å². The molecule has 8 nitrogen and oxygen atoms in total. The van der Waals surface area contributed by atoms with Crippen LogP contribution in [0.5, 0.6) is 0 Å². The number of rotatable bonds is 36. The first-order chi connectivity index (χ1) is 25.6. The van der Waals surface area contributed by atoms with Crippen LogP contribution in [0, 0.1) is 0 Å². The van der Waals surface area contributed by atoms with Crippen LogP contribution in [0.15, 0.2) is 85.1 Å². The number of phosphoric acid groups is 1. The van der Waals surface area contributed by atoms with E-state index in [0.29, 0.717) is 24.1 Å². The highest BCUT2D eigenvalue weighted by Crippen LogP contribution is 2.38. The highest BCUT2D eigenvalue weighted by Gasteiger charge is 2.20. The topological polar surface area (TPSA) is 94.1 Å². The first kappa shape index (κ1) is 50.7. The molecule has 0 aromatic heterocycles. The van der Waals surface area contributed by atoms with Gasteiger partial charge in [-0.3, -0.25) is 9.36 Å². The van der Waals surface area contributed by atoms with Gasteiger partial charge in [-0.15, -0.1) is 0 Å². The fourth-order valence-electron chi connectivity index (χ4n) is 4.81. The molecule has 0 radical (unpaired) electrons. The van der Waals surface area contributed by atoms with Gasteiger partial charge in [-0.2, -0.15) is 0 Å². The minimum Gasteiger partial charge on any atom is -0.756 e. The summed E-state index contributed by atoms with van der Waals surface area (Å²) in [5, 5.41) is 0. The molecule has 0 fully saturated rings. The van der Waals surface area contributed by atoms with E-state index in [0.717, 1.165) is 77.0 Å². The highest BCUT2D eigenvalue weighted by molar-refractivity contribution is 7.45. The number of nitrogens with zero attached hydrogens (tertiary/aromatic N) is 1. The number of hydrogen-bond donors (Lipinski definition) is 0. The molecule has 0 amide bonds. The van der Waals surface area contributed by atoms with Crippen molar-refractivity contribution in [2.75, 3.05) is 54.1 Å². The average Bonchev–Trinajstić information content (AvgIpc) is 3.11. The van der Waals surface area contributed by atoms with Gasteiger partial charge in [-0.25, -0.2) is 0 Å². The van der Waals surface area contributed by atoms with Crippen LogP contribution in [0.25, 0.3) is 0 Å². The lowest BCUT2D eigenvalue weighted by Crippen LogP contribution is -2.37. The number of allylic oxidation sites excluding steroid dienone is 13. The normalized spacial score (nSPS) is 14.8. The maximum atomic E-state index is 12.6. The number of esters is 1. The van der Waals surface area contributed by atoms with E-state index in [-0.39, 0.29) is 32.2 Å². The van der Waals surface area contributed by atoms with Crippen molar-refractivity contribution in [1.29, 1.82) is 0 Å². The predicted molar refractivity (Wildman–Crippen MR) is 222 cm³/mol. The van der Waals surface area contributed by atoms with Crippen LogP contribution in [-0.2, 0) is 27.9 Å². The van der Waals surface area contributed by atoms with Gasteiger partial charge in [0.1, 0.15) is 19.3 Å². The molecule has 0 spiro atoms. The fourth-order valence-corrected chi connectivity index (χ4v) is 5.54. The van der Waals surface area contributed by atoms with Crippen LogP contribution in [0.4, 0.5) is 0 Å². The molecule has 0 aliphatic heterocycles. The quantitative estimate of drug-likeness (QED) is 0.0206. The van der Waals surface area contributed by atoms with Gasteiger partial charge in [0.05, 0.1) is 41.0 Å². The van der Waals surface area contributed by atoms with E-state index in [4.69, 9.17) is 18.5 Å². The summed E-state index contributed by atoms with van der Waals surface area (Å²) in [7, 11) is 1.28. The minimum absolute atomic E-state index is 0.00526. The van der Waals surface area contributed by atoms with Crippen molar-refractivity contribution in [2.45, 2.75) is 136 Å². The number of ether oxygens (including phenoxy) is 2. The Bertz CT molecular complexity index is 1120. The molecule has 0 saturated carbocycles. The Hall–Kier alpha value is -2.32. The van der Waals surface area contributed by atoms with Crippen molar-refractivity contribution in [3.8, 4) is 0 Å². The van der Waals surface area contributed by atoms with E-state index < -0.39 is 13.9 Å². The van der Waals surface area contributed by atoms with Crippen LogP contribution >= 0.6 is 7.82 Å². The van der Waals surface area contributed by atoms with E-state index in [9.17, 15) is 14.3 Å². The summed E-state index contributed by atoms with van der Waals surface area (Å²) in [5.74, 6) is -0.377. The molecule has 304 valence electrons. The largest absolute Gasteiger partial charge is 0.756 e. The van der Waals surface area contributed by atoms with E-state index in [1.165, 1.54) is 25.7 Å². The maximum absolute atomic E-state index is 12.6. The summed E-state index contributed by atoms with van der Waals surface area (Å²) in [4.78, 5) is 25.0. The molecule has 53 heavy (non-hydrogen) atoms. The Labute approximate surface area is 325 Å². The monoisotopic (exact) mass is 762 g/mol. The Morgan fingerprint density at radius 3 is 1.64 bits per heavy atom. The molecule has 0 rings (SSSR count). The Kier molecular flexibility index (Phi) is 35.0. The second-order valence-corrected chi connectivity index (χ2v) is 15.7. The van der Waals surface area contributed by atoms with Gasteiger partial charge in [0, 0.05) is 6.42 Å². The molecule has 0 N–H and O–H groups in total. The number of quaternary nitrogens is 1. The number of hydrogen-bond acceptors (Lipinski definition) is 7. The highest BCUT2D eigenvalue weighted by atomic mass is 31.2. The molecular weight excluding hydrogens is 685 g/mol. The number of unbranched alkanes of at least 4 members (excludes halogenated alkanes) is 8.